The molecule has 0 bridgehead atoms. The van der Waals surface area contributed by atoms with Gasteiger partial charge in [-0.2, -0.15) is 0 Å². The standard InChI is InChI=1S/C18H16N2O2/c1-14-7-5-6-10-17(14)20-11-16(19-13-20)18(21)22-12-15-8-3-2-4-9-15/h2-11,13H,12H2,1H3. The Morgan fingerprint density at radius 1 is 1.09 bits per heavy atom. The van der Waals surface area contributed by atoms with Gasteiger partial charge in [-0.15, -0.1) is 0 Å². The molecule has 0 saturated carbocycles. The third-order valence-corrected chi connectivity index (χ3v) is 3.40. The van der Waals surface area contributed by atoms with E-state index in [1.54, 1.807) is 12.5 Å². The van der Waals surface area contributed by atoms with Gasteiger partial charge in [0.05, 0.1) is 0 Å². The summed E-state index contributed by atoms with van der Waals surface area (Å²) in [7, 11) is 0. The lowest BCUT2D eigenvalue weighted by Gasteiger charge is -2.05. The van der Waals surface area contributed by atoms with Crippen molar-refractivity contribution < 1.29 is 9.53 Å². The number of aryl methyl sites for hydroxylation is 1. The van der Waals surface area contributed by atoms with Crippen LogP contribution in [0.5, 0.6) is 0 Å². The zero-order valence-corrected chi connectivity index (χ0v) is 12.3. The van der Waals surface area contributed by atoms with Crippen LogP contribution in [0.1, 0.15) is 21.6 Å². The number of ether oxygens (including phenoxy) is 1. The number of rotatable bonds is 4. The number of nitrogens with zero attached hydrogens (tertiary/aromatic N) is 2. The highest BCUT2D eigenvalue weighted by Crippen LogP contribution is 2.14. The van der Waals surface area contributed by atoms with Crippen LogP contribution >= 0.6 is 0 Å². The zero-order chi connectivity index (χ0) is 15.4. The minimum Gasteiger partial charge on any atom is -0.456 e. The third-order valence-electron chi connectivity index (χ3n) is 3.40. The van der Waals surface area contributed by atoms with E-state index in [1.807, 2.05) is 66.1 Å². The molecule has 110 valence electrons. The van der Waals surface area contributed by atoms with Crippen LogP contribution in [-0.2, 0) is 11.3 Å². The second kappa shape index (κ2) is 6.26. The molecule has 0 fully saturated rings. The topological polar surface area (TPSA) is 44.1 Å². The van der Waals surface area contributed by atoms with Crippen molar-refractivity contribution in [2.24, 2.45) is 0 Å². The van der Waals surface area contributed by atoms with Crippen molar-refractivity contribution in [3.63, 3.8) is 0 Å². The van der Waals surface area contributed by atoms with E-state index >= 15 is 0 Å². The summed E-state index contributed by atoms with van der Waals surface area (Å²) in [5.74, 6) is -0.420. The van der Waals surface area contributed by atoms with Crippen LogP contribution in [0.4, 0.5) is 0 Å². The number of carbonyl (C=O) groups excluding carboxylic acids is 1. The Kier molecular flexibility index (Phi) is 4.01. The van der Waals surface area contributed by atoms with E-state index in [0.29, 0.717) is 5.69 Å². The first-order chi connectivity index (χ1) is 10.7. The first-order valence-corrected chi connectivity index (χ1v) is 7.05. The molecule has 0 aliphatic rings. The normalized spacial score (nSPS) is 10.4. The number of para-hydroxylation sites is 1. The Balaban J connectivity index is 1.71. The molecule has 3 aromatic rings. The van der Waals surface area contributed by atoms with E-state index in [-0.39, 0.29) is 6.61 Å². The van der Waals surface area contributed by atoms with Crippen molar-refractivity contribution in [3.05, 3.63) is 83.9 Å². The summed E-state index contributed by atoms with van der Waals surface area (Å²) in [6.07, 6.45) is 3.32. The summed E-state index contributed by atoms with van der Waals surface area (Å²) in [6, 6.07) is 17.5. The second-order valence-corrected chi connectivity index (χ2v) is 5.01. The highest BCUT2D eigenvalue weighted by atomic mass is 16.5. The lowest BCUT2D eigenvalue weighted by atomic mass is 10.2. The lowest BCUT2D eigenvalue weighted by molar-refractivity contribution is 0.0466. The Bertz CT molecular complexity index is 779. The first kappa shape index (κ1) is 14.1. The predicted molar refractivity (Wildman–Crippen MR) is 83.9 cm³/mol. The number of aromatic nitrogens is 2. The molecule has 4 heteroatoms. The third kappa shape index (κ3) is 3.06. The molecule has 0 N–H and O–H groups in total. The fraction of sp³-hybridized carbons (Fsp3) is 0.111. The molecule has 1 aromatic heterocycles. The van der Waals surface area contributed by atoms with Crippen molar-refractivity contribution >= 4 is 5.97 Å². The Morgan fingerprint density at radius 3 is 2.59 bits per heavy atom. The number of imidazole rings is 1. The molecule has 0 atom stereocenters. The highest BCUT2D eigenvalue weighted by molar-refractivity contribution is 5.87. The molecule has 0 aliphatic carbocycles. The molecule has 0 amide bonds. The summed E-state index contributed by atoms with van der Waals surface area (Å²) >= 11 is 0. The van der Waals surface area contributed by atoms with Crippen molar-refractivity contribution in [3.8, 4) is 5.69 Å². The van der Waals surface area contributed by atoms with Crippen LogP contribution < -0.4 is 0 Å². The van der Waals surface area contributed by atoms with E-state index in [0.717, 1.165) is 16.8 Å². The molecule has 22 heavy (non-hydrogen) atoms. The van der Waals surface area contributed by atoms with E-state index in [4.69, 9.17) is 4.74 Å². The van der Waals surface area contributed by atoms with E-state index < -0.39 is 5.97 Å². The first-order valence-electron chi connectivity index (χ1n) is 7.05. The molecule has 0 saturated heterocycles. The molecule has 0 spiro atoms. The molecule has 3 rings (SSSR count). The zero-order valence-electron chi connectivity index (χ0n) is 12.3. The molecule has 4 nitrogen and oxygen atoms in total. The van der Waals surface area contributed by atoms with Gasteiger partial charge in [0, 0.05) is 11.9 Å². The summed E-state index contributed by atoms with van der Waals surface area (Å²) < 4.78 is 7.11. The smallest absolute Gasteiger partial charge is 0.358 e. The van der Waals surface area contributed by atoms with Crippen LogP contribution in [0.2, 0.25) is 0 Å². The van der Waals surface area contributed by atoms with Gasteiger partial charge in [-0.05, 0) is 24.1 Å². The van der Waals surface area contributed by atoms with Crippen LogP contribution in [0.25, 0.3) is 5.69 Å². The summed E-state index contributed by atoms with van der Waals surface area (Å²) in [5, 5.41) is 0. The van der Waals surface area contributed by atoms with Gasteiger partial charge in [-0.25, -0.2) is 9.78 Å². The van der Waals surface area contributed by atoms with Gasteiger partial charge in [0.2, 0.25) is 0 Å². The molecule has 1 heterocycles. The molecule has 0 aliphatic heterocycles. The van der Waals surface area contributed by atoms with E-state index in [2.05, 4.69) is 4.98 Å². The summed E-state index contributed by atoms with van der Waals surface area (Å²) in [4.78, 5) is 16.2. The maximum absolute atomic E-state index is 12.0. The van der Waals surface area contributed by atoms with Crippen molar-refractivity contribution in [2.45, 2.75) is 13.5 Å². The number of carbonyl (C=O) groups is 1. The molecule has 2 aromatic carbocycles. The average molecular weight is 292 g/mol. The minimum atomic E-state index is -0.420. The van der Waals surface area contributed by atoms with Crippen molar-refractivity contribution in [1.82, 2.24) is 9.55 Å². The van der Waals surface area contributed by atoms with Gasteiger partial charge in [0.1, 0.15) is 12.9 Å². The fourth-order valence-corrected chi connectivity index (χ4v) is 2.21. The van der Waals surface area contributed by atoms with Gasteiger partial charge in [-0.1, -0.05) is 48.5 Å². The molecular weight excluding hydrogens is 276 g/mol. The monoisotopic (exact) mass is 292 g/mol. The van der Waals surface area contributed by atoms with Crippen molar-refractivity contribution in [1.29, 1.82) is 0 Å². The highest BCUT2D eigenvalue weighted by Gasteiger charge is 2.12. The maximum atomic E-state index is 12.0. The van der Waals surface area contributed by atoms with Crippen molar-refractivity contribution in [2.75, 3.05) is 0 Å². The largest absolute Gasteiger partial charge is 0.456 e. The van der Waals surface area contributed by atoms with Crippen LogP contribution in [-0.4, -0.2) is 15.5 Å². The second-order valence-electron chi connectivity index (χ2n) is 5.01. The summed E-state index contributed by atoms with van der Waals surface area (Å²) in [6.45, 7) is 2.26. The van der Waals surface area contributed by atoms with Crippen LogP contribution in [0.15, 0.2) is 67.1 Å². The van der Waals surface area contributed by atoms with Gasteiger partial charge < -0.3 is 9.30 Å². The van der Waals surface area contributed by atoms with E-state index in [1.165, 1.54) is 0 Å². The molecule has 0 unspecified atom stereocenters. The quantitative estimate of drug-likeness (QED) is 0.691. The number of hydrogen-bond acceptors (Lipinski definition) is 3. The van der Waals surface area contributed by atoms with Crippen LogP contribution in [0, 0.1) is 6.92 Å². The van der Waals surface area contributed by atoms with Gasteiger partial charge in [0.15, 0.2) is 5.69 Å². The molecule has 0 radical (unpaired) electrons. The fourth-order valence-electron chi connectivity index (χ4n) is 2.21. The Labute approximate surface area is 129 Å². The Hall–Kier alpha value is -2.88. The van der Waals surface area contributed by atoms with Gasteiger partial charge >= 0.3 is 5.97 Å². The van der Waals surface area contributed by atoms with Gasteiger partial charge in [0.25, 0.3) is 0 Å². The lowest BCUT2D eigenvalue weighted by Crippen LogP contribution is -2.05. The number of benzene rings is 2. The van der Waals surface area contributed by atoms with E-state index in [9.17, 15) is 4.79 Å². The predicted octanol–water partition coefficient (Wildman–Crippen LogP) is 3.54. The number of esters is 1. The number of hydrogen-bond donors (Lipinski definition) is 0. The van der Waals surface area contributed by atoms with Gasteiger partial charge in [-0.3, -0.25) is 0 Å². The minimum absolute atomic E-state index is 0.247. The maximum Gasteiger partial charge on any atom is 0.358 e. The Morgan fingerprint density at radius 2 is 1.82 bits per heavy atom. The summed E-state index contributed by atoms with van der Waals surface area (Å²) in [5.41, 5.74) is 3.37. The van der Waals surface area contributed by atoms with Crippen LogP contribution in [0.3, 0.4) is 0 Å². The average Bonchev–Trinajstić information content (AvgIpc) is 3.04. The SMILES string of the molecule is Cc1ccccc1-n1cnc(C(=O)OCc2ccccc2)c1. The molecular formula is C18H16N2O2.